The van der Waals surface area contributed by atoms with Gasteiger partial charge in [0, 0.05) is 16.6 Å². The number of nitrogens with zero attached hydrogens (tertiary/aromatic N) is 2. The number of hydrogen-bond acceptors (Lipinski definition) is 3. The highest BCUT2D eigenvalue weighted by molar-refractivity contribution is 7.13. The summed E-state index contributed by atoms with van der Waals surface area (Å²) in [5, 5.41) is 11.4. The van der Waals surface area contributed by atoms with E-state index in [9.17, 15) is 10.1 Å². The molecule has 3 rings (SSSR count). The van der Waals surface area contributed by atoms with E-state index < -0.39 is 5.54 Å². The Kier molecular flexibility index (Phi) is 3.59. The largest absolute Gasteiger partial charge is 0.304 e. The molecule has 4 heteroatoms. The lowest BCUT2D eigenvalue weighted by molar-refractivity contribution is 0.372. The van der Waals surface area contributed by atoms with E-state index in [0.717, 1.165) is 22.4 Å². The predicted molar refractivity (Wildman–Crippen MR) is 89.9 cm³/mol. The first-order valence-corrected chi connectivity index (χ1v) is 8.00. The summed E-state index contributed by atoms with van der Waals surface area (Å²) in [4.78, 5) is 13.8. The Labute approximate surface area is 133 Å². The van der Waals surface area contributed by atoms with Crippen LogP contribution in [0.2, 0.25) is 0 Å². The summed E-state index contributed by atoms with van der Waals surface area (Å²) in [6, 6.07) is 7.83. The molecule has 3 nitrogen and oxygen atoms in total. The molecular formula is C18H16N2OS. The number of hydrogen-bond donors (Lipinski definition) is 0. The molecule has 0 fully saturated rings. The van der Waals surface area contributed by atoms with Crippen molar-refractivity contribution in [1.29, 1.82) is 5.26 Å². The summed E-state index contributed by atoms with van der Waals surface area (Å²) in [6.07, 6.45) is 8.65. The number of aromatic nitrogens is 1. The van der Waals surface area contributed by atoms with Gasteiger partial charge in [0.25, 0.3) is 5.56 Å². The highest BCUT2D eigenvalue weighted by atomic mass is 32.1. The Bertz CT molecular complexity index is 865. The van der Waals surface area contributed by atoms with Crippen LogP contribution in [0.25, 0.3) is 10.4 Å². The van der Waals surface area contributed by atoms with Gasteiger partial charge in [-0.05, 0) is 43.4 Å². The van der Waals surface area contributed by atoms with Gasteiger partial charge in [0.2, 0.25) is 0 Å². The lowest BCUT2D eigenvalue weighted by Gasteiger charge is -2.34. The van der Waals surface area contributed by atoms with Crippen molar-refractivity contribution in [1.82, 2.24) is 4.57 Å². The summed E-state index contributed by atoms with van der Waals surface area (Å²) < 4.78 is 1.69. The molecule has 1 aliphatic rings. The molecule has 2 heterocycles. The highest BCUT2D eigenvalue weighted by Crippen LogP contribution is 2.33. The maximum atomic E-state index is 12.9. The predicted octanol–water partition coefficient (Wildman–Crippen LogP) is 4.07. The van der Waals surface area contributed by atoms with E-state index in [-0.39, 0.29) is 11.1 Å². The summed E-state index contributed by atoms with van der Waals surface area (Å²) >= 11 is 1.53. The van der Waals surface area contributed by atoms with Crippen LogP contribution in [0.5, 0.6) is 0 Å². The summed E-state index contributed by atoms with van der Waals surface area (Å²) in [6.45, 7) is 4.06. The smallest absolute Gasteiger partial charge is 0.269 e. The zero-order valence-corrected chi connectivity index (χ0v) is 13.4. The van der Waals surface area contributed by atoms with Crippen LogP contribution < -0.4 is 5.56 Å². The normalized spacial score (nSPS) is 20.5. The number of thiophene rings is 1. The van der Waals surface area contributed by atoms with E-state index in [0.29, 0.717) is 0 Å². The molecule has 0 amide bonds. The quantitative estimate of drug-likeness (QED) is 0.839. The minimum Gasteiger partial charge on any atom is -0.304 e. The van der Waals surface area contributed by atoms with Crippen LogP contribution in [0.3, 0.4) is 0 Å². The van der Waals surface area contributed by atoms with Gasteiger partial charge in [-0.2, -0.15) is 5.26 Å². The van der Waals surface area contributed by atoms with E-state index >= 15 is 0 Å². The van der Waals surface area contributed by atoms with Gasteiger partial charge in [0.15, 0.2) is 0 Å². The molecule has 0 N–H and O–H groups in total. The zero-order chi connectivity index (χ0) is 15.7. The third-order valence-corrected chi connectivity index (χ3v) is 5.27. The first-order chi connectivity index (χ1) is 10.6. The van der Waals surface area contributed by atoms with Crippen molar-refractivity contribution < 1.29 is 0 Å². The van der Waals surface area contributed by atoms with Crippen molar-refractivity contribution in [3.63, 3.8) is 0 Å². The van der Waals surface area contributed by atoms with Crippen molar-refractivity contribution >= 4 is 11.3 Å². The second kappa shape index (κ2) is 5.43. The fourth-order valence-corrected chi connectivity index (χ4v) is 3.57. The van der Waals surface area contributed by atoms with Gasteiger partial charge in [-0.15, -0.1) is 11.3 Å². The standard InChI is InChI=1S/C18H16N2OS/c1-13-6-3-4-9-18(13,2)20-10-8-14(15(12-19)17(20)21)16-7-5-11-22-16/h3-8,10-11H,9H2,1-2H3. The molecule has 2 aromatic rings. The minimum absolute atomic E-state index is 0.216. The molecule has 0 aromatic carbocycles. The maximum Gasteiger partial charge on any atom is 0.269 e. The van der Waals surface area contributed by atoms with Crippen molar-refractivity contribution in [2.45, 2.75) is 25.8 Å². The Morgan fingerprint density at radius 3 is 2.86 bits per heavy atom. The van der Waals surface area contributed by atoms with Crippen LogP contribution in [0.15, 0.2) is 58.4 Å². The van der Waals surface area contributed by atoms with E-state index in [1.54, 1.807) is 4.57 Å². The molecule has 1 atom stereocenters. The molecule has 22 heavy (non-hydrogen) atoms. The van der Waals surface area contributed by atoms with E-state index in [4.69, 9.17) is 0 Å². The van der Waals surface area contributed by atoms with Gasteiger partial charge in [-0.1, -0.05) is 24.3 Å². The third-order valence-electron chi connectivity index (χ3n) is 4.37. The van der Waals surface area contributed by atoms with Crippen molar-refractivity contribution in [2.75, 3.05) is 0 Å². The van der Waals surface area contributed by atoms with Crippen LogP contribution in [-0.2, 0) is 5.54 Å². The molecule has 110 valence electrons. The molecule has 0 radical (unpaired) electrons. The fraction of sp³-hybridized carbons (Fsp3) is 0.222. The summed E-state index contributed by atoms with van der Waals surface area (Å²) in [5.74, 6) is 0. The lowest BCUT2D eigenvalue weighted by Crippen LogP contribution is -2.40. The average molecular weight is 308 g/mol. The van der Waals surface area contributed by atoms with Gasteiger partial charge < -0.3 is 4.57 Å². The number of rotatable bonds is 2. The molecule has 1 unspecified atom stereocenters. The Hall–Kier alpha value is -2.38. The second-order valence-corrected chi connectivity index (χ2v) is 6.57. The van der Waals surface area contributed by atoms with Gasteiger partial charge in [0.05, 0.1) is 5.54 Å². The Morgan fingerprint density at radius 1 is 1.41 bits per heavy atom. The van der Waals surface area contributed by atoms with E-state index in [1.807, 2.05) is 55.8 Å². The van der Waals surface area contributed by atoms with Crippen LogP contribution >= 0.6 is 11.3 Å². The molecule has 0 aliphatic heterocycles. The molecule has 0 bridgehead atoms. The van der Waals surface area contributed by atoms with E-state index in [1.165, 1.54) is 11.3 Å². The van der Waals surface area contributed by atoms with Gasteiger partial charge in [0.1, 0.15) is 11.6 Å². The zero-order valence-electron chi connectivity index (χ0n) is 12.5. The van der Waals surface area contributed by atoms with Crippen LogP contribution in [-0.4, -0.2) is 4.57 Å². The number of allylic oxidation sites excluding steroid dienone is 4. The first kappa shape index (κ1) is 14.6. The molecule has 2 aromatic heterocycles. The number of pyridine rings is 1. The maximum absolute atomic E-state index is 12.9. The molecule has 0 saturated carbocycles. The molecule has 0 spiro atoms. The van der Waals surface area contributed by atoms with Crippen LogP contribution in [0, 0.1) is 11.3 Å². The molecule has 1 aliphatic carbocycles. The Morgan fingerprint density at radius 2 is 2.23 bits per heavy atom. The first-order valence-electron chi connectivity index (χ1n) is 7.12. The molecular weight excluding hydrogens is 292 g/mol. The highest BCUT2D eigenvalue weighted by Gasteiger charge is 2.30. The van der Waals surface area contributed by atoms with E-state index in [2.05, 4.69) is 12.1 Å². The average Bonchev–Trinajstić information content (AvgIpc) is 3.04. The van der Waals surface area contributed by atoms with Gasteiger partial charge >= 0.3 is 0 Å². The summed E-state index contributed by atoms with van der Waals surface area (Å²) in [7, 11) is 0. The Balaban J connectivity index is 2.21. The summed E-state index contributed by atoms with van der Waals surface area (Å²) in [5.41, 5.74) is 1.42. The van der Waals surface area contributed by atoms with Crippen LogP contribution in [0.4, 0.5) is 0 Å². The van der Waals surface area contributed by atoms with Crippen molar-refractivity contribution in [3.05, 3.63) is 69.5 Å². The number of nitriles is 1. The third kappa shape index (κ3) is 2.15. The second-order valence-electron chi connectivity index (χ2n) is 5.62. The lowest BCUT2D eigenvalue weighted by atomic mass is 9.85. The molecule has 0 saturated heterocycles. The van der Waals surface area contributed by atoms with Crippen LogP contribution in [0.1, 0.15) is 25.8 Å². The van der Waals surface area contributed by atoms with Crippen molar-refractivity contribution in [2.24, 2.45) is 0 Å². The van der Waals surface area contributed by atoms with Gasteiger partial charge in [-0.25, -0.2) is 0 Å². The van der Waals surface area contributed by atoms with Crippen molar-refractivity contribution in [3.8, 4) is 16.5 Å². The monoisotopic (exact) mass is 308 g/mol. The SMILES string of the molecule is CC1=CC=CCC1(C)n1ccc(-c2cccs2)c(C#N)c1=O. The minimum atomic E-state index is -0.411. The van der Waals surface area contributed by atoms with Gasteiger partial charge in [-0.3, -0.25) is 4.79 Å². The topological polar surface area (TPSA) is 45.8 Å². The fourth-order valence-electron chi connectivity index (χ4n) is 2.81.